The van der Waals surface area contributed by atoms with Crippen molar-refractivity contribution < 1.29 is 4.79 Å². The number of piperazine rings is 1. The number of hydrogen-bond acceptors (Lipinski definition) is 4. The summed E-state index contributed by atoms with van der Waals surface area (Å²) in [5.41, 5.74) is 5.34. The van der Waals surface area contributed by atoms with Gasteiger partial charge >= 0.3 is 0 Å². The van der Waals surface area contributed by atoms with Gasteiger partial charge in [-0.1, -0.05) is 0 Å². The third kappa shape index (κ3) is 2.95. The number of nitrogens with two attached hydrogens (primary N) is 1. The van der Waals surface area contributed by atoms with Crippen LogP contribution >= 0.6 is 15.9 Å². The number of pyridine rings is 1. The number of rotatable bonds is 2. The van der Waals surface area contributed by atoms with Crippen LogP contribution in [0.3, 0.4) is 0 Å². The number of amides is 1. The normalized spacial score (nSPS) is 16.1. The van der Waals surface area contributed by atoms with Crippen LogP contribution in [0.25, 0.3) is 0 Å². The highest BCUT2D eigenvalue weighted by molar-refractivity contribution is 9.10. The SMILES string of the molecule is NCC(=O)N1CCN(c2ccc(Br)cn2)CC1. The van der Waals surface area contributed by atoms with E-state index >= 15 is 0 Å². The number of hydrogen-bond donors (Lipinski definition) is 1. The van der Waals surface area contributed by atoms with Crippen molar-refractivity contribution in [2.45, 2.75) is 0 Å². The second-order valence-corrected chi connectivity index (χ2v) is 4.82. The van der Waals surface area contributed by atoms with Gasteiger partial charge in [-0.15, -0.1) is 0 Å². The minimum Gasteiger partial charge on any atom is -0.353 e. The average molecular weight is 299 g/mol. The summed E-state index contributed by atoms with van der Waals surface area (Å²) < 4.78 is 0.971. The Morgan fingerprint density at radius 1 is 1.35 bits per heavy atom. The van der Waals surface area contributed by atoms with Gasteiger partial charge in [-0.2, -0.15) is 0 Å². The maximum Gasteiger partial charge on any atom is 0.236 e. The molecule has 0 spiro atoms. The molecule has 0 atom stereocenters. The fraction of sp³-hybridized carbons (Fsp3) is 0.455. The minimum atomic E-state index is 0.0217. The van der Waals surface area contributed by atoms with Crippen molar-refractivity contribution >= 4 is 27.7 Å². The second kappa shape index (κ2) is 5.46. The van der Waals surface area contributed by atoms with Crippen molar-refractivity contribution in [1.82, 2.24) is 9.88 Å². The first-order valence-electron chi connectivity index (χ1n) is 5.55. The average Bonchev–Trinajstić information content (AvgIpc) is 2.39. The Morgan fingerprint density at radius 2 is 2.06 bits per heavy atom. The van der Waals surface area contributed by atoms with Gasteiger partial charge in [-0.25, -0.2) is 4.98 Å². The lowest BCUT2D eigenvalue weighted by atomic mass is 10.3. The fourth-order valence-electron chi connectivity index (χ4n) is 1.87. The second-order valence-electron chi connectivity index (χ2n) is 3.91. The number of carbonyl (C=O) groups is 1. The first-order chi connectivity index (χ1) is 8.20. The van der Waals surface area contributed by atoms with Crippen molar-refractivity contribution in [3.63, 3.8) is 0 Å². The van der Waals surface area contributed by atoms with E-state index in [1.165, 1.54) is 0 Å². The maximum atomic E-state index is 11.4. The smallest absolute Gasteiger partial charge is 0.236 e. The van der Waals surface area contributed by atoms with Crippen molar-refractivity contribution in [2.24, 2.45) is 5.73 Å². The number of anilines is 1. The molecule has 2 rings (SSSR count). The molecule has 0 radical (unpaired) electrons. The van der Waals surface area contributed by atoms with Gasteiger partial charge in [0.2, 0.25) is 5.91 Å². The van der Waals surface area contributed by atoms with E-state index in [9.17, 15) is 4.79 Å². The number of halogens is 1. The van der Waals surface area contributed by atoms with Gasteiger partial charge in [0.15, 0.2) is 0 Å². The van der Waals surface area contributed by atoms with Crippen molar-refractivity contribution in [3.05, 3.63) is 22.8 Å². The van der Waals surface area contributed by atoms with E-state index in [0.717, 1.165) is 23.4 Å². The van der Waals surface area contributed by atoms with Crippen LogP contribution in [0.1, 0.15) is 0 Å². The van der Waals surface area contributed by atoms with Gasteiger partial charge in [0.1, 0.15) is 5.82 Å². The summed E-state index contributed by atoms with van der Waals surface area (Å²) in [6.45, 7) is 3.14. The zero-order chi connectivity index (χ0) is 12.3. The molecule has 0 bridgehead atoms. The molecule has 2 heterocycles. The van der Waals surface area contributed by atoms with Crippen LogP contribution in [0.15, 0.2) is 22.8 Å². The fourth-order valence-corrected chi connectivity index (χ4v) is 2.10. The lowest BCUT2D eigenvalue weighted by Gasteiger charge is -2.35. The predicted octanol–water partition coefficient (Wildman–Crippen LogP) is 0.451. The summed E-state index contributed by atoms with van der Waals surface area (Å²) in [5, 5.41) is 0. The summed E-state index contributed by atoms with van der Waals surface area (Å²) in [6, 6.07) is 3.95. The zero-order valence-electron chi connectivity index (χ0n) is 9.47. The van der Waals surface area contributed by atoms with E-state index in [1.54, 1.807) is 11.1 Å². The third-order valence-electron chi connectivity index (χ3n) is 2.84. The van der Waals surface area contributed by atoms with Gasteiger partial charge in [0, 0.05) is 36.8 Å². The molecule has 2 N–H and O–H groups in total. The minimum absolute atomic E-state index is 0.0217. The molecular formula is C11H15BrN4O. The highest BCUT2D eigenvalue weighted by atomic mass is 79.9. The molecule has 1 aromatic heterocycles. The molecule has 6 heteroatoms. The monoisotopic (exact) mass is 298 g/mol. The highest BCUT2D eigenvalue weighted by Gasteiger charge is 2.20. The van der Waals surface area contributed by atoms with Gasteiger partial charge < -0.3 is 15.5 Å². The summed E-state index contributed by atoms with van der Waals surface area (Å²) in [4.78, 5) is 19.7. The molecule has 1 aromatic rings. The molecule has 0 aliphatic carbocycles. The van der Waals surface area contributed by atoms with E-state index in [0.29, 0.717) is 13.1 Å². The van der Waals surface area contributed by atoms with Crippen LogP contribution in [0.4, 0.5) is 5.82 Å². The molecule has 1 fully saturated rings. The summed E-state index contributed by atoms with van der Waals surface area (Å²) in [7, 11) is 0. The molecule has 92 valence electrons. The highest BCUT2D eigenvalue weighted by Crippen LogP contribution is 2.16. The van der Waals surface area contributed by atoms with E-state index in [2.05, 4.69) is 25.8 Å². The van der Waals surface area contributed by atoms with Gasteiger partial charge in [-0.3, -0.25) is 4.79 Å². The van der Waals surface area contributed by atoms with Gasteiger partial charge in [0.25, 0.3) is 0 Å². The predicted molar refractivity (Wildman–Crippen MR) is 69.8 cm³/mol. The topological polar surface area (TPSA) is 62.5 Å². The number of carbonyl (C=O) groups excluding carboxylic acids is 1. The molecule has 1 saturated heterocycles. The Bertz CT molecular complexity index is 387. The molecule has 0 saturated carbocycles. The molecule has 0 aromatic carbocycles. The third-order valence-corrected chi connectivity index (χ3v) is 3.31. The van der Waals surface area contributed by atoms with E-state index in [4.69, 9.17) is 5.73 Å². The van der Waals surface area contributed by atoms with Crippen LogP contribution in [-0.2, 0) is 4.79 Å². The summed E-state index contributed by atoms with van der Waals surface area (Å²) >= 11 is 3.36. The Labute approximate surface area is 109 Å². The molecule has 0 unspecified atom stereocenters. The molecular weight excluding hydrogens is 284 g/mol. The summed E-state index contributed by atoms with van der Waals surface area (Å²) in [6.07, 6.45) is 1.78. The largest absolute Gasteiger partial charge is 0.353 e. The quantitative estimate of drug-likeness (QED) is 0.861. The standard InChI is InChI=1S/C11H15BrN4O/c12-9-1-2-10(14-8-9)15-3-5-16(6-4-15)11(17)7-13/h1-2,8H,3-7,13H2. The lowest BCUT2D eigenvalue weighted by Crippen LogP contribution is -2.50. The van der Waals surface area contributed by atoms with E-state index < -0.39 is 0 Å². The lowest BCUT2D eigenvalue weighted by molar-refractivity contribution is -0.129. The molecule has 1 aliphatic heterocycles. The first-order valence-corrected chi connectivity index (χ1v) is 6.34. The van der Waals surface area contributed by atoms with E-state index in [1.807, 2.05) is 12.1 Å². The van der Waals surface area contributed by atoms with E-state index in [-0.39, 0.29) is 12.5 Å². The van der Waals surface area contributed by atoms with Crippen LogP contribution in [0, 0.1) is 0 Å². The van der Waals surface area contributed by atoms with Gasteiger partial charge in [-0.05, 0) is 28.1 Å². The zero-order valence-corrected chi connectivity index (χ0v) is 11.1. The van der Waals surface area contributed by atoms with Crippen molar-refractivity contribution in [1.29, 1.82) is 0 Å². The Morgan fingerprint density at radius 3 is 2.59 bits per heavy atom. The maximum absolute atomic E-state index is 11.4. The Balaban J connectivity index is 1.95. The van der Waals surface area contributed by atoms with Gasteiger partial charge in [0.05, 0.1) is 6.54 Å². The van der Waals surface area contributed by atoms with Crippen molar-refractivity contribution in [3.8, 4) is 0 Å². The number of nitrogens with zero attached hydrogens (tertiary/aromatic N) is 3. The van der Waals surface area contributed by atoms with Crippen LogP contribution in [-0.4, -0.2) is 48.5 Å². The molecule has 1 aliphatic rings. The van der Waals surface area contributed by atoms with Crippen LogP contribution in [0.2, 0.25) is 0 Å². The Hall–Kier alpha value is -1.14. The van der Waals surface area contributed by atoms with Crippen molar-refractivity contribution in [2.75, 3.05) is 37.6 Å². The molecule has 17 heavy (non-hydrogen) atoms. The first kappa shape index (κ1) is 12.3. The van der Waals surface area contributed by atoms with Crippen LogP contribution < -0.4 is 10.6 Å². The Kier molecular flexibility index (Phi) is 3.96. The molecule has 1 amide bonds. The summed E-state index contributed by atoms with van der Waals surface area (Å²) in [5.74, 6) is 0.974. The molecule has 5 nitrogen and oxygen atoms in total. The number of aromatic nitrogens is 1. The van der Waals surface area contributed by atoms with Crippen LogP contribution in [0.5, 0.6) is 0 Å².